The highest BCUT2D eigenvalue weighted by atomic mass is 32.2. The minimum absolute atomic E-state index is 0.0295. The summed E-state index contributed by atoms with van der Waals surface area (Å²) in [6, 6.07) is 8.89. The number of carbonyl (C=O) groups excluding carboxylic acids is 1. The van der Waals surface area contributed by atoms with Gasteiger partial charge in [-0.05, 0) is 31.5 Å². The highest BCUT2D eigenvalue weighted by Gasteiger charge is 2.34. The summed E-state index contributed by atoms with van der Waals surface area (Å²) in [5, 5.41) is 3.20. The van der Waals surface area contributed by atoms with Gasteiger partial charge in [0.05, 0.1) is 36.1 Å². The average Bonchev–Trinajstić information content (AvgIpc) is 3.02. The smallest absolute Gasteiger partial charge is 0.255 e. The molecule has 2 aromatic rings. The van der Waals surface area contributed by atoms with Crippen molar-refractivity contribution >= 4 is 27.1 Å². The fraction of sp³-hybridized carbons (Fsp3) is 0.368. The molecule has 1 aliphatic heterocycles. The van der Waals surface area contributed by atoms with Crippen molar-refractivity contribution in [1.29, 1.82) is 0 Å². The van der Waals surface area contributed by atoms with Crippen molar-refractivity contribution in [3.63, 3.8) is 0 Å². The Morgan fingerprint density at radius 1 is 1.30 bits per heavy atom. The molecule has 1 aliphatic rings. The van der Waals surface area contributed by atoms with E-state index in [-0.39, 0.29) is 23.5 Å². The van der Waals surface area contributed by atoms with Crippen LogP contribution in [0, 0.1) is 0 Å². The van der Waals surface area contributed by atoms with Crippen molar-refractivity contribution in [2.75, 3.05) is 30.5 Å². The number of pyridine rings is 1. The Bertz CT molecular complexity index is 930. The van der Waals surface area contributed by atoms with Crippen LogP contribution in [0.5, 0.6) is 5.75 Å². The first kappa shape index (κ1) is 19.2. The van der Waals surface area contributed by atoms with Gasteiger partial charge in [0.1, 0.15) is 5.75 Å². The monoisotopic (exact) mass is 389 g/mol. The van der Waals surface area contributed by atoms with Crippen LogP contribution in [0.4, 0.5) is 11.4 Å². The number of methoxy groups -OCH3 is 1. The molecule has 0 saturated carbocycles. The van der Waals surface area contributed by atoms with Crippen LogP contribution in [0.3, 0.4) is 0 Å². The van der Waals surface area contributed by atoms with E-state index in [1.165, 1.54) is 6.20 Å². The number of amides is 1. The zero-order chi connectivity index (χ0) is 19.4. The van der Waals surface area contributed by atoms with Crippen molar-refractivity contribution in [2.45, 2.75) is 19.4 Å². The lowest BCUT2D eigenvalue weighted by Crippen LogP contribution is -2.41. The fourth-order valence-electron chi connectivity index (χ4n) is 3.25. The molecule has 1 unspecified atom stereocenters. The van der Waals surface area contributed by atoms with Crippen LogP contribution in [0.15, 0.2) is 42.7 Å². The second kappa shape index (κ2) is 7.96. The summed E-state index contributed by atoms with van der Waals surface area (Å²) >= 11 is 0. The molecule has 1 aromatic heterocycles. The van der Waals surface area contributed by atoms with E-state index in [0.29, 0.717) is 24.2 Å². The largest absolute Gasteiger partial charge is 0.497 e. The molecule has 7 nitrogen and oxygen atoms in total. The van der Waals surface area contributed by atoms with Gasteiger partial charge in [0.25, 0.3) is 5.91 Å². The van der Waals surface area contributed by atoms with E-state index in [1.807, 2.05) is 31.2 Å². The summed E-state index contributed by atoms with van der Waals surface area (Å²) in [5.74, 6) is 0.681. The molecule has 0 spiro atoms. The summed E-state index contributed by atoms with van der Waals surface area (Å²) in [6.45, 7) is 2.31. The van der Waals surface area contributed by atoms with E-state index in [0.717, 1.165) is 11.4 Å². The summed E-state index contributed by atoms with van der Waals surface area (Å²) in [7, 11) is -1.46. The van der Waals surface area contributed by atoms with Gasteiger partial charge in [-0.2, -0.15) is 0 Å². The molecule has 0 aliphatic carbocycles. The lowest BCUT2D eigenvalue weighted by Gasteiger charge is -2.27. The summed E-state index contributed by atoms with van der Waals surface area (Å²) < 4.78 is 28.7. The topological polar surface area (TPSA) is 88.6 Å². The van der Waals surface area contributed by atoms with Gasteiger partial charge in [-0.25, -0.2) is 8.42 Å². The number of rotatable bonds is 6. The van der Waals surface area contributed by atoms with Gasteiger partial charge in [0.2, 0.25) is 0 Å². The molecule has 27 heavy (non-hydrogen) atoms. The predicted octanol–water partition coefficient (Wildman–Crippen LogP) is 2.48. The van der Waals surface area contributed by atoms with E-state index >= 15 is 0 Å². The molecule has 1 amide bonds. The van der Waals surface area contributed by atoms with Gasteiger partial charge in [0, 0.05) is 30.5 Å². The fourth-order valence-corrected chi connectivity index (χ4v) is 4.98. The Labute approximate surface area is 159 Å². The Morgan fingerprint density at radius 3 is 2.78 bits per heavy atom. The second-order valence-corrected chi connectivity index (χ2v) is 8.70. The van der Waals surface area contributed by atoms with Crippen LogP contribution in [0.1, 0.15) is 23.7 Å². The van der Waals surface area contributed by atoms with Gasteiger partial charge in [0.15, 0.2) is 9.84 Å². The first-order valence-electron chi connectivity index (χ1n) is 8.79. The number of sulfone groups is 1. The van der Waals surface area contributed by atoms with E-state index in [1.54, 1.807) is 24.3 Å². The third kappa shape index (κ3) is 4.57. The van der Waals surface area contributed by atoms with Crippen molar-refractivity contribution in [1.82, 2.24) is 9.88 Å². The molecule has 1 atom stereocenters. The molecular formula is C19H23N3O4S. The zero-order valence-corrected chi connectivity index (χ0v) is 16.2. The third-order valence-electron chi connectivity index (χ3n) is 4.59. The number of aromatic nitrogens is 1. The number of hydrogen-bond acceptors (Lipinski definition) is 6. The van der Waals surface area contributed by atoms with E-state index < -0.39 is 9.84 Å². The quantitative estimate of drug-likeness (QED) is 0.817. The van der Waals surface area contributed by atoms with Crippen LogP contribution in [-0.4, -0.2) is 55.4 Å². The summed E-state index contributed by atoms with van der Waals surface area (Å²) in [6.07, 6.45) is 3.62. The van der Waals surface area contributed by atoms with E-state index in [2.05, 4.69) is 10.3 Å². The second-order valence-electron chi connectivity index (χ2n) is 6.47. The Kier molecular flexibility index (Phi) is 5.65. The van der Waals surface area contributed by atoms with Crippen molar-refractivity contribution in [3.05, 3.63) is 48.3 Å². The number of nitrogens with one attached hydrogen (secondary N) is 1. The molecule has 3 rings (SSSR count). The van der Waals surface area contributed by atoms with Gasteiger partial charge in [-0.3, -0.25) is 9.78 Å². The van der Waals surface area contributed by atoms with Crippen LogP contribution in [-0.2, 0) is 9.84 Å². The number of anilines is 2. The Balaban J connectivity index is 1.78. The molecule has 144 valence electrons. The van der Waals surface area contributed by atoms with Crippen LogP contribution in [0.25, 0.3) is 0 Å². The lowest BCUT2D eigenvalue weighted by atomic mass is 10.1. The van der Waals surface area contributed by atoms with Crippen LogP contribution >= 0.6 is 0 Å². The first-order valence-corrected chi connectivity index (χ1v) is 10.6. The van der Waals surface area contributed by atoms with Crippen LogP contribution < -0.4 is 10.1 Å². The minimum atomic E-state index is -3.06. The zero-order valence-electron chi connectivity index (χ0n) is 15.4. The molecule has 2 heterocycles. The van der Waals surface area contributed by atoms with E-state index in [4.69, 9.17) is 4.74 Å². The van der Waals surface area contributed by atoms with Crippen LogP contribution in [0.2, 0.25) is 0 Å². The molecule has 1 N–H and O–H groups in total. The molecule has 0 bridgehead atoms. The van der Waals surface area contributed by atoms with Crippen molar-refractivity contribution in [2.24, 2.45) is 0 Å². The normalized spacial score (nSPS) is 18.1. The first-order chi connectivity index (χ1) is 12.9. The summed E-state index contributed by atoms with van der Waals surface area (Å²) in [5.41, 5.74) is 1.91. The Hall–Kier alpha value is -2.61. The number of benzene rings is 1. The number of carbonyl (C=O) groups is 1. The standard InChI is InChI=1S/C19H23N3O4S/c1-3-22(17-7-8-27(24,25)13-17)19(23)14-9-16(12-20-11-14)21-15-5-4-6-18(10-15)26-2/h4-6,9-12,17,21H,3,7-8,13H2,1-2H3. The van der Waals surface area contributed by atoms with Gasteiger partial charge in [-0.1, -0.05) is 6.07 Å². The maximum atomic E-state index is 12.9. The number of ether oxygens (including phenoxy) is 1. The SMILES string of the molecule is CCN(C(=O)c1cncc(Nc2cccc(OC)c2)c1)C1CCS(=O)(=O)C1. The summed E-state index contributed by atoms with van der Waals surface area (Å²) in [4.78, 5) is 18.7. The molecule has 0 radical (unpaired) electrons. The predicted molar refractivity (Wildman–Crippen MR) is 104 cm³/mol. The van der Waals surface area contributed by atoms with Gasteiger partial charge in [-0.15, -0.1) is 0 Å². The third-order valence-corrected chi connectivity index (χ3v) is 6.34. The minimum Gasteiger partial charge on any atom is -0.497 e. The molecule has 1 aromatic carbocycles. The molecular weight excluding hydrogens is 366 g/mol. The highest BCUT2D eigenvalue weighted by Crippen LogP contribution is 2.23. The maximum absolute atomic E-state index is 12.9. The van der Waals surface area contributed by atoms with Gasteiger partial charge >= 0.3 is 0 Å². The lowest BCUT2D eigenvalue weighted by molar-refractivity contribution is 0.0708. The Morgan fingerprint density at radius 2 is 2.11 bits per heavy atom. The highest BCUT2D eigenvalue weighted by molar-refractivity contribution is 7.91. The van der Waals surface area contributed by atoms with Gasteiger partial charge < -0.3 is 15.0 Å². The average molecular weight is 389 g/mol. The number of nitrogens with zero attached hydrogens (tertiary/aromatic N) is 2. The van der Waals surface area contributed by atoms with Crippen molar-refractivity contribution < 1.29 is 17.9 Å². The van der Waals surface area contributed by atoms with E-state index in [9.17, 15) is 13.2 Å². The molecule has 1 fully saturated rings. The molecule has 1 saturated heterocycles. The molecule has 8 heteroatoms. The number of hydrogen-bond donors (Lipinski definition) is 1. The maximum Gasteiger partial charge on any atom is 0.255 e. The van der Waals surface area contributed by atoms with Crippen molar-refractivity contribution in [3.8, 4) is 5.75 Å².